The van der Waals surface area contributed by atoms with Crippen molar-refractivity contribution in [3.05, 3.63) is 0 Å². The summed E-state index contributed by atoms with van der Waals surface area (Å²) < 4.78 is 4.85. The van der Waals surface area contributed by atoms with Gasteiger partial charge in [-0.25, -0.2) is 0 Å². The van der Waals surface area contributed by atoms with E-state index in [-0.39, 0.29) is 12.3 Å². The van der Waals surface area contributed by atoms with Gasteiger partial charge in [-0.1, -0.05) is 6.92 Å². The molecule has 1 aliphatic heterocycles. The maximum Gasteiger partial charge on any atom is 0.156 e. The predicted octanol–water partition coefficient (Wildman–Crippen LogP) is 0.100. The van der Waals surface area contributed by atoms with Gasteiger partial charge in [0.2, 0.25) is 0 Å². The molecule has 0 saturated carbocycles. The lowest BCUT2D eigenvalue weighted by Crippen LogP contribution is -2.13. The van der Waals surface area contributed by atoms with Gasteiger partial charge in [-0.3, -0.25) is 0 Å². The Morgan fingerprint density at radius 1 is 1.86 bits per heavy atom. The third-order valence-corrected chi connectivity index (χ3v) is 1.11. The summed E-state index contributed by atoms with van der Waals surface area (Å²) in [4.78, 5) is 0. The van der Waals surface area contributed by atoms with E-state index in [4.69, 9.17) is 9.94 Å². The van der Waals surface area contributed by atoms with Gasteiger partial charge in [0.25, 0.3) is 0 Å². The third-order valence-electron chi connectivity index (χ3n) is 1.11. The van der Waals surface area contributed by atoms with E-state index in [0.717, 1.165) is 6.42 Å². The largest absolute Gasteiger partial charge is 0.351 e. The third kappa shape index (κ3) is 0.907. The van der Waals surface area contributed by atoms with Crippen LogP contribution in [0.3, 0.4) is 0 Å². The number of hydrogen-bond donors (Lipinski definition) is 2. The molecule has 2 N–H and O–H groups in total. The molecule has 1 heterocycles. The highest BCUT2D eigenvalue weighted by Gasteiger charge is 2.36. The molecule has 0 amide bonds. The summed E-state index contributed by atoms with van der Waals surface area (Å²) in [5.74, 6) is 0. The van der Waals surface area contributed by atoms with Gasteiger partial charge in [-0.15, -0.1) is 0 Å². The lowest BCUT2D eigenvalue weighted by Gasteiger charge is -1.81. The molecule has 0 radical (unpaired) electrons. The van der Waals surface area contributed by atoms with E-state index in [1.807, 2.05) is 12.4 Å². The molecule has 1 fully saturated rings. The Morgan fingerprint density at radius 3 is 2.71 bits per heavy atom. The first-order chi connectivity index (χ1) is 3.38. The van der Waals surface area contributed by atoms with E-state index in [1.165, 1.54) is 0 Å². The zero-order valence-corrected chi connectivity index (χ0v) is 4.22. The quantitative estimate of drug-likeness (QED) is 0.385. The van der Waals surface area contributed by atoms with E-state index >= 15 is 0 Å². The minimum Gasteiger partial charge on any atom is -0.351 e. The van der Waals surface area contributed by atoms with Crippen molar-refractivity contribution in [1.82, 2.24) is 5.48 Å². The average molecular weight is 103 g/mol. The van der Waals surface area contributed by atoms with Gasteiger partial charge < -0.3 is 9.94 Å². The van der Waals surface area contributed by atoms with Gasteiger partial charge in [0.05, 0.1) is 0 Å². The molecular formula is C4H9NO2. The summed E-state index contributed by atoms with van der Waals surface area (Å²) in [5, 5.41) is 8.13. The van der Waals surface area contributed by atoms with E-state index in [9.17, 15) is 0 Å². The van der Waals surface area contributed by atoms with Crippen molar-refractivity contribution in [2.45, 2.75) is 25.7 Å². The number of nitrogens with one attached hydrogen (secondary N) is 1. The number of hydroxylamine groups is 1. The van der Waals surface area contributed by atoms with Crippen LogP contribution in [-0.2, 0) is 4.74 Å². The van der Waals surface area contributed by atoms with Gasteiger partial charge in [-0.05, 0) is 6.42 Å². The van der Waals surface area contributed by atoms with Crippen LogP contribution in [0.1, 0.15) is 13.3 Å². The second-order valence-electron chi connectivity index (χ2n) is 1.63. The molecule has 1 aliphatic rings. The van der Waals surface area contributed by atoms with Crippen molar-refractivity contribution in [3.8, 4) is 0 Å². The number of ether oxygens (including phenoxy) is 1. The van der Waals surface area contributed by atoms with Crippen LogP contribution in [0.5, 0.6) is 0 Å². The summed E-state index contributed by atoms with van der Waals surface area (Å²) in [5.41, 5.74) is 2.02. The minimum atomic E-state index is -0.0787. The topological polar surface area (TPSA) is 44.8 Å². The van der Waals surface area contributed by atoms with Gasteiger partial charge in [0.15, 0.2) is 6.23 Å². The lowest BCUT2D eigenvalue weighted by atomic mass is 10.3. The Hall–Kier alpha value is -0.120. The van der Waals surface area contributed by atoms with Crippen LogP contribution >= 0.6 is 0 Å². The van der Waals surface area contributed by atoms with Crippen LogP contribution in [-0.4, -0.2) is 17.5 Å². The molecule has 0 spiro atoms. The zero-order chi connectivity index (χ0) is 5.28. The summed E-state index contributed by atoms with van der Waals surface area (Å²) in [6.45, 7) is 2.02. The summed E-state index contributed by atoms with van der Waals surface area (Å²) >= 11 is 0. The molecular weight excluding hydrogens is 94.0 g/mol. The number of rotatable bonds is 2. The molecule has 0 bridgehead atoms. The van der Waals surface area contributed by atoms with Crippen LogP contribution in [0.25, 0.3) is 0 Å². The predicted molar refractivity (Wildman–Crippen MR) is 23.9 cm³/mol. The smallest absolute Gasteiger partial charge is 0.156 e. The van der Waals surface area contributed by atoms with Crippen molar-refractivity contribution < 1.29 is 9.94 Å². The van der Waals surface area contributed by atoms with Crippen LogP contribution in [0.2, 0.25) is 0 Å². The molecule has 2 atom stereocenters. The van der Waals surface area contributed by atoms with Crippen LogP contribution in [0.4, 0.5) is 0 Å². The van der Waals surface area contributed by atoms with Crippen molar-refractivity contribution >= 4 is 0 Å². The van der Waals surface area contributed by atoms with Crippen molar-refractivity contribution in [1.29, 1.82) is 0 Å². The van der Waals surface area contributed by atoms with Crippen molar-refractivity contribution in [3.63, 3.8) is 0 Å². The van der Waals surface area contributed by atoms with E-state index in [2.05, 4.69) is 0 Å². The number of epoxide rings is 1. The molecule has 1 saturated heterocycles. The fraction of sp³-hybridized carbons (Fsp3) is 1.00. The monoisotopic (exact) mass is 103 g/mol. The lowest BCUT2D eigenvalue weighted by molar-refractivity contribution is 0.119. The van der Waals surface area contributed by atoms with Gasteiger partial charge in [0.1, 0.15) is 6.10 Å². The fourth-order valence-corrected chi connectivity index (χ4v) is 0.567. The maximum absolute atomic E-state index is 8.13. The van der Waals surface area contributed by atoms with Crippen molar-refractivity contribution in [2.24, 2.45) is 0 Å². The highest BCUT2D eigenvalue weighted by molar-refractivity contribution is 4.77. The Labute approximate surface area is 42.2 Å². The molecule has 0 aromatic carbocycles. The average Bonchev–Trinajstić information content (AvgIpc) is 2.43. The molecule has 0 aromatic rings. The summed E-state index contributed by atoms with van der Waals surface area (Å²) in [6, 6.07) is 0. The molecule has 1 rings (SSSR count). The second-order valence-corrected chi connectivity index (χ2v) is 1.63. The SMILES string of the molecule is CCC1OC1NO. The van der Waals surface area contributed by atoms with Crippen molar-refractivity contribution in [2.75, 3.05) is 0 Å². The molecule has 42 valence electrons. The normalized spacial score (nSPS) is 38.6. The van der Waals surface area contributed by atoms with Gasteiger partial charge in [0, 0.05) is 0 Å². The number of hydrogen-bond acceptors (Lipinski definition) is 3. The minimum absolute atomic E-state index is 0.0787. The summed E-state index contributed by atoms with van der Waals surface area (Å²) in [7, 11) is 0. The fourth-order valence-electron chi connectivity index (χ4n) is 0.567. The van der Waals surface area contributed by atoms with E-state index < -0.39 is 0 Å². The summed E-state index contributed by atoms with van der Waals surface area (Å²) in [6.07, 6.45) is 1.15. The van der Waals surface area contributed by atoms with Gasteiger partial charge >= 0.3 is 0 Å². The first-order valence-corrected chi connectivity index (χ1v) is 2.43. The molecule has 7 heavy (non-hydrogen) atoms. The second kappa shape index (κ2) is 1.78. The van der Waals surface area contributed by atoms with E-state index in [1.54, 1.807) is 0 Å². The Bertz CT molecular complexity index is 58.7. The molecule has 3 heteroatoms. The standard InChI is InChI=1S/C4H9NO2/c1-2-3-4(5-6)7-3/h3-6H,2H2,1H3. The van der Waals surface area contributed by atoms with Crippen LogP contribution in [0.15, 0.2) is 0 Å². The highest BCUT2D eigenvalue weighted by Crippen LogP contribution is 2.20. The maximum atomic E-state index is 8.13. The molecule has 0 aromatic heterocycles. The van der Waals surface area contributed by atoms with Crippen LogP contribution in [0, 0.1) is 0 Å². The first kappa shape index (κ1) is 5.03. The van der Waals surface area contributed by atoms with Crippen LogP contribution < -0.4 is 5.48 Å². The Morgan fingerprint density at radius 2 is 2.57 bits per heavy atom. The Balaban J connectivity index is 2.06. The molecule has 3 nitrogen and oxygen atoms in total. The van der Waals surface area contributed by atoms with E-state index in [0.29, 0.717) is 0 Å². The zero-order valence-electron chi connectivity index (χ0n) is 4.22. The van der Waals surface area contributed by atoms with Gasteiger partial charge in [-0.2, -0.15) is 5.48 Å². The Kier molecular flexibility index (Phi) is 1.27. The molecule has 2 unspecified atom stereocenters. The first-order valence-electron chi connectivity index (χ1n) is 2.43. The molecule has 0 aliphatic carbocycles. The highest BCUT2D eigenvalue weighted by atomic mass is 16.7.